The molecule has 2 aliphatic rings. The number of amidine groups is 1. The third kappa shape index (κ3) is 3.97. The summed E-state index contributed by atoms with van der Waals surface area (Å²) in [7, 11) is -2.05. The van der Waals surface area contributed by atoms with Crippen LogP contribution in [-0.4, -0.2) is 74.7 Å². The summed E-state index contributed by atoms with van der Waals surface area (Å²) in [6.45, 7) is 2.22. The Labute approximate surface area is 184 Å². The molecule has 11 heteroatoms. The highest BCUT2D eigenvalue weighted by Crippen LogP contribution is 2.28. The third-order valence-corrected chi connectivity index (χ3v) is 6.88. The highest BCUT2D eigenvalue weighted by Gasteiger charge is 2.32. The highest BCUT2D eigenvalue weighted by atomic mass is 35.5. The van der Waals surface area contributed by atoms with Gasteiger partial charge in [-0.15, -0.1) is 4.40 Å². The molecule has 30 heavy (non-hydrogen) atoms. The highest BCUT2D eigenvalue weighted by molar-refractivity contribution is 7.90. The van der Waals surface area contributed by atoms with Gasteiger partial charge in [0.2, 0.25) is 5.91 Å². The van der Waals surface area contributed by atoms with Gasteiger partial charge >= 0.3 is 0 Å². The van der Waals surface area contributed by atoms with Crippen LogP contribution in [0.4, 0.5) is 5.82 Å². The van der Waals surface area contributed by atoms with Crippen LogP contribution < -0.4 is 4.90 Å². The maximum atomic E-state index is 12.8. The van der Waals surface area contributed by atoms with Crippen molar-refractivity contribution in [1.29, 1.82) is 0 Å². The zero-order valence-corrected chi connectivity index (χ0v) is 18.5. The summed E-state index contributed by atoms with van der Waals surface area (Å²) in [5.41, 5.74) is 0.515. The molecule has 0 bridgehead atoms. The molecule has 0 radical (unpaired) electrons. The molecule has 0 aliphatic carbocycles. The van der Waals surface area contributed by atoms with Gasteiger partial charge in [0, 0.05) is 45.0 Å². The van der Waals surface area contributed by atoms with E-state index in [0.29, 0.717) is 47.6 Å². The van der Waals surface area contributed by atoms with Crippen molar-refractivity contribution in [3.05, 3.63) is 52.1 Å². The smallest absolute Gasteiger partial charge is 0.285 e. The van der Waals surface area contributed by atoms with Crippen LogP contribution in [0.5, 0.6) is 0 Å². The first-order valence-corrected chi connectivity index (χ1v) is 11.4. The number of halogens is 2. The number of pyridine rings is 1. The lowest BCUT2D eigenvalue weighted by Gasteiger charge is -2.36. The van der Waals surface area contributed by atoms with Crippen molar-refractivity contribution >= 4 is 50.8 Å². The fourth-order valence-electron chi connectivity index (χ4n) is 3.55. The van der Waals surface area contributed by atoms with Gasteiger partial charge in [0.1, 0.15) is 10.7 Å². The van der Waals surface area contributed by atoms with E-state index in [1.54, 1.807) is 47.3 Å². The summed E-state index contributed by atoms with van der Waals surface area (Å²) >= 11 is 12.1. The number of sulfonamides is 1. The Balaban J connectivity index is 1.40. The van der Waals surface area contributed by atoms with Gasteiger partial charge in [-0.25, -0.2) is 4.98 Å². The Morgan fingerprint density at radius 2 is 1.87 bits per heavy atom. The molecule has 1 saturated heterocycles. The van der Waals surface area contributed by atoms with Crippen molar-refractivity contribution in [2.24, 2.45) is 4.40 Å². The second-order valence-electron chi connectivity index (χ2n) is 7.07. The molecular formula is C19H19Cl2N5O3S. The van der Waals surface area contributed by atoms with E-state index in [4.69, 9.17) is 23.2 Å². The van der Waals surface area contributed by atoms with Crippen LogP contribution in [0.2, 0.25) is 10.0 Å². The topological polar surface area (TPSA) is 86.2 Å². The number of fused-ring (bicyclic) bond motifs is 1. The molecule has 8 nitrogen and oxygen atoms in total. The van der Waals surface area contributed by atoms with Crippen LogP contribution in [-0.2, 0) is 14.8 Å². The maximum absolute atomic E-state index is 12.8. The van der Waals surface area contributed by atoms with Crippen LogP contribution in [0.15, 0.2) is 45.8 Å². The van der Waals surface area contributed by atoms with Gasteiger partial charge in [-0.2, -0.15) is 8.42 Å². The number of hydrogen-bond acceptors (Lipinski definition) is 6. The first-order valence-electron chi connectivity index (χ1n) is 9.25. The number of benzene rings is 1. The van der Waals surface area contributed by atoms with E-state index < -0.39 is 10.0 Å². The SMILES string of the molecule is CN(CC(=O)N1CCN(c2ncc(Cl)cc2Cl)CC1)C1=NS(=O)(=O)c2ccccc21. The summed E-state index contributed by atoms with van der Waals surface area (Å²) < 4.78 is 28.3. The van der Waals surface area contributed by atoms with Gasteiger partial charge in [0.25, 0.3) is 10.0 Å². The van der Waals surface area contributed by atoms with Gasteiger partial charge in [0.15, 0.2) is 5.84 Å². The lowest BCUT2D eigenvalue weighted by Crippen LogP contribution is -2.51. The standard InChI is InChI=1S/C19H19Cl2N5O3S/c1-24(18-14-4-2-3-5-16(14)30(28,29)23-18)12-17(27)25-6-8-26(9-7-25)19-15(21)10-13(20)11-22-19/h2-5,10-11H,6-9,12H2,1H3. The molecule has 0 saturated carbocycles. The Bertz CT molecular complexity index is 1130. The second kappa shape index (κ2) is 8.05. The minimum atomic E-state index is -3.72. The minimum absolute atomic E-state index is 0.0304. The number of aromatic nitrogens is 1. The average Bonchev–Trinajstić information content (AvgIpc) is 3.00. The number of nitrogens with zero attached hydrogens (tertiary/aromatic N) is 5. The van der Waals surface area contributed by atoms with Gasteiger partial charge < -0.3 is 14.7 Å². The molecule has 1 fully saturated rings. The van der Waals surface area contributed by atoms with Crippen molar-refractivity contribution in [3.8, 4) is 0 Å². The molecule has 0 N–H and O–H groups in total. The molecule has 3 heterocycles. The van der Waals surface area contributed by atoms with Crippen molar-refractivity contribution < 1.29 is 13.2 Å². The predicted octanol–water partition coefficient (Wildman–Crippen LogP) is 2.12. The number of rotatable bonds is 3. The van der Waals surface area contributed by atoms with Gasteiger partial charge in [-0.1, -0.05) is 35.3 Å². The molecule has 2 aliphatic heterocycles. The Morgan fingerprint density at radius 3 is 2.57 bits per heavy atom. The van der Waals surface area contributed by atoms with Crippen molar-refractivity contribution in [3.63, 3.8) is 0 Å². The molecule has 2 aromatic rings. The van der Waals surface area contributed by atoms with Crippen molar-refractivity contribution in [1.82, 2.24) is 14.8 Å². The van der Waals surface area contributed by atoms with Crippen LogP contribution >= 0.6 is 23.2 Å². The van der Waals surface area contributed by atoms with E-state index in [0.717, 1.165) is 0 Å². The van der Waals surface area contributed by atoms with E-state index in [9.17, 15) is 13.2 Å². The summed E-state index contributed by atoms with van der Waals surface area (Å²) in [6.07, 6.45) is 1.55. The number of hydrogen-bond donors (Lipinski definition) is 0. The zero-order valence-electron chi connectivity index (χ0n) is 16.1. The largest absolute Gasteiger partial charge is 0.352 e. The number of piperazine rings is 1. The quantitative estimate of drug-likeness (QED) is 0.686. The molecule has 4 rings (SSSR count). The predicted molar refractivity (Wildman–Crippen MR) is 116 cm³/mol. The molecule has 1 aromatic heterocycles. The fraction of sp³-hybridized carbons (Fsp3) is 0.316. The molecular weight excluding hydrogens is 449 g/mol. The summed E-state index contributed by atoms with van der Waals surface area (Å²) in [5.74, 6) is 0.832. The Morgan fingerprint density at radius 1 is 1.17 bits per heavy atom. The van der Waals surface area contributed by atoms with Crippen molar-refractivity contribution in [2.75, 3.05) is 44.7 Å². The monoisotopic (exact) mass is 467 g/mol. The maximum Gasteiger partial charge on any atom is 0.285 e. The number of carbonyl (C=O) groups excluding carboxylic acids is 1. The first-order chi connectivity index (χ1) is 14.3. The lowest BCUT2D eigenvalue weighted by molar-refractivity contribution is -0.131. The average molecular weight is 468 g/mol. The Hall–Kier alpha value is -2.36. The van der Waals surface area contributed by atoms with E-state index in [1.165, 1.54) is 6.07 Å². The van der Waals surface area contributed by atoms with Gasteiger partial charge in [-0.3, -0.25) is 4.79 Å². The summed E-state index contributed by atoms with van der Waals surface area (Å²) in [5, 5.41) is 0.945. The van der Waals surface area contributed by atoms with Crippen LogP contribution in [0.3, 0.4) is 0 Å². The van der Waals surface area contributed by atoms with Crippen LogP contribution in [0.25, 0.3) is 0 Å². The van der Waals surface area contributed by atoms with E-state index in [2.05, 4.69) is 9.38 Å². The fourth-order valence-corrected chi connectivity index (χ4v) is 5.30. The summed E-state index contributed by atoms with van der Waals surface area (Å²) in [4.78, 5) is 22.6. The molecule has 0 spiro atoms. The minimum Gasteiger partial charge on any atom is -0.352 e. The van der Waals surface area contributed by atoms with Gasteiger partial charge in [-0.05, 0) is 18.2 Å². The molecule has 0 unspecified atom stereocenters. The first kappa shape index (κ1) is 20.9. The van der Waals surface area contributed by atoms with Crippen LogP contribution in [0.1, 0.15) is 5.56 Å². The normalized spacial score (nSPS) is 17.5. The zero-order chi connectivity index (χ0) is 21.5. The number of carbonyl (C=O) groups is 1. The van der Waals surface area contributed by atoms with Gasteiger partial charge in [0.05, 0.1) is 16.6 Å². The van der Waals surface area contributed by atoms with E-state index in [1.807, 2.05) is 4.90 Å². The molecule has 0 atom stereocenters. The third-order valence-electron chi connectivity index (χ3n) is 5.07. The summed E-state index contributed by atoms with van der Waals surface area (Å²) in [6, 6.07) is 8.26. The van der Waals surface area contributed by atoms with E-state index >= 15 is 0 Å². The molecule has 1 aromatic carbocycles. The lowest BCUT2D eigenvalue weighted by atomic mass is 10.2. The van der Waals surface area contributed by atoms with Crippen molar-refractivity contribution in [2.45, 2.75) is 4.90 Å². The molecule has 1 amide bonds. The van der Waals surface area contributed by atoms with Crippen LogP contribution in [0, 0.1) is 0 Å². The van der Waals surface area contributed by atoms with E-state index in [-0.39, 0.29) is 23.2 Å². The second-order valence-corrected chi connectivity index (χ2v) is 9.49. The Kier molecular flexibility index (Phi) is 5.61. The molecule has 158 valence electrons. The number of likely N-dealkylation sites (N-methyl/N-ethyl adjacent to an activating group) is 1. The number of anilines is 1. The number of amides is 1.